The van der Waals surface area contributed by atoms with Crippen LogP contribution in [0.4, 0.5) is 5.82 Å². The molecule has 6 nitrogen and oxygen atoms in total. The van der Waals surface area contributed by atoms with Crippen LogP contribution in [0, 0.1) is 20.8 Å². The first-order valence-electron chi connectivity index (χ1n) is 7.11. The van der Waals surface area contributed by atoms with Crippen molar-refractivity contribution in [3.8, 4) is 5.69 Å². The molecule has 0 spiro atoms. The van der Waals surface area contributed by atoms with E-state index in [1.807, 2.05) is 26.8 Å². The second kappa shape index (κ2) is 6.72. The van der Waals surface area contributed by atoms with Crippen molar-refractivity contribution < 1.29 is 9.53 Å². The Morgan fingerprint density at radius 2 is 1.91 bits per heavy atom. The number of anilines is 1. The molecule has 3 N–H and O–H groups in total. The van der Waals surface area contributed by atoms with E-state index in [0.717, 1.165) is 22.5 Å². The van der Waals surface area contributed by atoms with Crippen LogP contribution in [0.15, 0.2) is 24.3 Å². The highest BCUT2D eigenvalue weighted by Gasteiger charge is 2.15. The van der Waals surface area contributed by atoms with Gasteiger partial charge in [-0.15, -0.1) is 5.10 Å². The van der Waals surface area contributed by atoms with Crippen LogP contribution in [0.2, 0.25) is 0 Å². The van der Waals surface area contributed by atoms with Gasteiger partial charge in [0.1, 0.15) is 6.04 Å². The maximum absolute atomic E-state index is 11.9. The minimum atomic E-state index is -0.711. The van der Waals surface area contributed by atoms with E-state index in [4.69, 9.17) is 10.5 Å². The van der Waals surface area contributed by atoms with Gasteiger partial charge >= 0.3 is 0 Å². The molecule has 0 saturated carbocycles. The van der Waals surface area contributed by atoms with Crippen LogP contribution >= 0.6 is 0 Å². The molecule has 0 aliphatic heterocycles. The Bertz CT molecular complexity index is 659. The molecule has 118 valence electrons. The summed E-state index contributed by atoms with van der Waals surface area (Å²) < 4.78 is 6.68. The van der Waals surface area contributed by atoms with Crippen LogP contribution in [-0.4, -0.2) is 35.4 Å². The highest BCUT2D eigenvalue weighted by molar-refractivity contribution is 5.94. The van der Waals surface area contributed by atoms with E-state index in [0.29, 0.717) is 5.82 Å². The number of methoxy groups -OCH3 is 1. The highest BCUT2D eigenvalue weighted by atomic mass is 16.5. The highest BCUT2D eigenvalue weighted by Crippen LogP contribution is 2.18. The quantitative estimate of drug-likeness (QED) is 0.881. The molecule has 2 aromatic rings. The van der Waals surface area contributed by atoms with Gasteiger partial charge in [-0.1, -0.05) is 6.07 Å². The number of hydrogen-bond acceptors (Lipinski definition) is 4. The summed E-state index contributed by atoms with van der Waals surface area (Å²) in [5.74, 6) is 0.167. The zero-order valence-electron chi connectivity index (χ0n) is 13.4. The Labute approximate surface area is 130 Å². The van der Waals surface area contributed by atoms with Crippen LogP contribution in [0.1, 0.15) is 16.8 Å². The number of aromatic nitrogens is 2. The summed E-state index contributed by atoms with van der Waals surface area (Å²) in [5.41, 5.74) is 9.93. The standard InChI is InChI=1S/C16H22N4O2/c1-10-5-11(2)7-13(6-10)20-12(3)8-15(19-20)18-16(21)14(17)9-22-4/h5-8,14H,9,17H2,1-4H3,(H,18,19,21). The number of carbonyl (C=O) groups excluding carboxylic acids is 1. The van der Waals surface area contributed by atoms with Gasteiger partial charge in [0.2, 0.25) is 5.91 Å². The monoisotopic (exact) mass is 302 g/mol. The van der Waals surface area contributed by atoms with Gasteiger partial charge in [0, 0.05) is 18.9 Å². The Morgan fingerprint density at radius 3 is 2.50 bits per heavy atom. The number of nitrogens with zero attached hydrogens (tertiary/aromatic N) is 2. The number of rotatable bonds is 5. The fraction of sp³-hybridized carbons (Fsp3) is 0.375. The summed E-state index contributed by atoms with van der Waals surface area (Å²) >= 11 is 0. The summed E-state index contributed by atoms with van der Waals surface area (Å²) in [6.07, 6.45) is 0. The lowest BCUT2D eigenvalue weighted by Crippen LogP contribution is -2.39. The van der Waals surface area contributed by atoms with Crippen molar-refractivity contribution in [1.29, 1.82) is 0 Å². The number of nitrogens with two attached hydrogens (primary N) is 1. The third-order valence-corrected chi connectivity index (χ3v) is 3.27. The smallest absolute Gasteiger partial charge is 0.244 e. The van der Waals surface area contributed by atoms with Gasteiger partial charge in [-0.25, -0.2) is 4.68 Å². The van der Waals surface area contributed by atoms with E-state index in [2.05, 4.69) is 28.6 Å². The Kier molecular flexibility index (Phi) is 4.95. The van der Waals surface area contributed by atoms with Gasteiger partial charge < -0.3 is 15.8 Å². The predicted molar refractivity (Wildman–Crippen MR) is 86.3 cm³/mol. The van der Waals surface area contributed by atoms with Gasteiger partial charge in [-0.3, -0.25) is 4.79 Å². The van der Waals surface area contributed by atoms with Gasteiger partial charge in [-0.05, 0) is 44.0 Å². The van der Waals surface area contributed by atoms with Crippen molar-refractivity contribution >= 4 is 11.7 Å². The molecule has 0 aliphatic rings. The lowest BCUT2D eigenvalue weighted by molar-refractivity contribution is -0.118. The SMILES string of the molecule is COCC(N)C(=O)Nc1cc(C)n(-c2cc(C)cc(C)c2)n1. The second-order valence-corrected chi connectivity index (χ2v) is 5.48. The molecule has 1 unspecified atom stereocenters. The van der Waals surface area contributed by atoms with Crippen molar-refractivity contribution in [3.63, 3.8) is 0 Å². The molecule has 0 bridgehead atoms. The molecular formula is C16H22N4O2. The van der Waals surface area contributed by atoms with E-state index in [9.17, 15) is 4.79 Å². The molecular weight excluding hydrogens is 280 g/mol. The Morgan fingerprint density at radius 1 is 1.27 bits per heavy atom. The van der Waals surface area contributed by atoms with E-state index in [1.165, 1.54) is 7.11 Å². The van der Waals surface area contributed by atoms with Gasteiger partial charge in [0.25, 0.3) is 0 Å². The van der Waals surface area contributed by atoms with E-state index >= 15 is 0 Å². The molecule has 1 heterocycles. The minimum absolute atomic E-state index is 0.169. The molecule has 0 fully saturated rings. The second-order valence-electron chi connectivity index (χ2n) is 5.48. The first-order valence-corrected chi connectivity index (χ1v) is 7.11. The summed E-state index contributed by atoms with van der Waals surface area (Å²) in [6, 6.07) is 7.31. The predicted octanol–water partition coefficient (Wildman–Crippen LogP) is 1.71. The number of carbonyl (C=O) groups is 1. The lowest BCUT2D eigenvalue weighted by Gasteiger charge is -2.09. The maximum atomic E-state index is 11.9. The summed E-state index contributed by atoms with van der Waals surface area (Å²) in [4.78, 5) is 11.9. The lowest BCUT2D eigenvalue weighted by atomic mass is 10.1. The molecule has 1 atom stereocenters. The van der Waals surface area contributed by atoms with E-state index in [-0.39, 0.29) is 12.5 Å². The van der Waals surface area contributed by atoms with Crippen LogP contribution < -0.4 is 11.1 Å². The number of nitrogens with one attached hydrogen (secondary N) is 1. The van der Waals surface area contributed by atoms with E-state index < -0.39 is 6.04 Å². The van der Waals surface area contributed by atoms with Crippen molar-refractivity contribution in [2.75, 3.05) is 19.0 Å². The minimum Gasteiger partial charge on any atom is -0.383 e. The summed E-state index contributed by atoms with van der Waals surface area (Å²) in [5, 5.41) is 7.14. The topological polar surface area (TPSA) is 82.2 Å². The van der Waals surface area contributed by atoms with Crippen LogP contribution in [0.3, 0.4) is 0 Å². The first-order chi connectivity index (χ1) is 10.4. The number of ether oxygens (including phenoxy) is 1. The third-order valence-electron chi connectivity index (χ3n) is 3.27. The van der Waals surface area contributed by atoms with Crippen molar-refractivity contribution in [2.24, 2.45) is 5.73 Å². The summed E-state index contributed by atoms with van der Waals surface area (Å²) in [6.45, 7) is 6.20. The van der Waals surface area contributed by atoms with Gasteiger partial charge in [0.05, 0.1) is 12.3 Å². The molecule has 0 radical (unpaired) electrons. The van der Waals surface area contributed by atoms with Crippen LogP contribution in [0.25, 0.3) is 5.69 Å². The summed E-state index contributed by atoms with van der Waals surface area (Å²) in [7, 11) is 1.51. The van der Waals surface area contributed by atoms with Gasteiger partial charge in [0.15, 0.2) is 5.82 Å². The Balaban J connectivity index is 2.23. The molecule has 0 saturated heterocycles. The molecule has 1 amide bonds. The first kappa shape index (κ1) is 16.2. The number of hydrogen-bond donors (Lipinski definition) is 2. The molecule has 1 aromatic heterocycles. The average molecular weight is 302 g/mol. The van der Waals surface area contributed by atoms with Crippen LogP contribution in [-0.2, 0) is 9.53 Å². The number of amides is 1. The van der Waals surface area contributed by atoms with Gasteiger partial charge in [-0.2, -0.15) is 0 Å². The molecule has 2 rings (SSSR count). The molecule has 6 heteroatoms. The third kappa shape index (κ3) is 3.72. The largest absolute Gasteiger partial charge is 0.383 e. The number of aryl methyl sites for hydroxylation is 3. The fourth-order valence-corrected chi connectivity index (χ4v) is 2.34. The van der Waals surface area contributed by atoms with Crippen molar-refractivity contribution in [2.45, 2.75) is 26.8 Å². The van der Waals surface area contributed by atoms with Crippen LogP contribution in [0.5, 0.6) is 0 Å². The van der Waals surface area contributed by atoms with E-state index in [1.54, 1.807) is 4.68 Å². The zero-order valence-corrected chi connectivity index (χ0v) is 13.4. The maximum Gasteiger partial charge on any atom is 0.244 e. The zero-order chi connectivity index (χ0) is 16.3. The van der Waals surface area contributed by atoms with Crippen molar-refractivity contribution in [3.05, 3.63) is 41.1 Å². The molecule has 0 aliphatic carbocycles. The Hall–Kier alpha value is -2.18. The number of benzene rings is 1. The molecule has 1 aromatic carbocycles. The normalized spacial score (nSPS) is 12.2. The van der Waals surface area contributed by atoms with Crippen molar-refractivity contribution in [1.82, 2.24) is 9.78 Å². The fourth-order valence-electron chi connectivity index (χ4n) is 2.34. The molecule has 22 heavy (non-hydrogen) atoms. The average Bonchev–Trinajstić information content (AvgIpc) is 2.78.